The van der Waals surface area contributed by atoms with Crippen LogP contribution in [0.3, 0.4) is 0 Å². The topological polar surface area (TPSA) is 29.3 Å². The molecule has 0 aliphatic rings. The van der Waals surface area contributed by atoms with E-state index in [-0.39, 0.29) is 6.04 Å². The van der Waals surface area contributed by atoms with Crippen molar-refractivity contribution in [2.24, 2.45) is 5.73 Å². The van der Waals surface area contributed by atoms with Crippen molar-refractivity contribution in [3.05, 3.63) is 35.9 Å². The lowest BCUT2D eigenvalue weighted by atomic mass is 10.0. The number of benzene rings is 1. The largest absolute Gasteiger partial charge is 0.327 e. The quantitative estimate of drug-likeness (QED) is 0.766. The standard InChI is InChI=1S/C16H28N2/c1-4-8-14(2)18(3)13-16(17)12-11-15-9-6-5-7-10-15/h5-7,9-10,14,16H,4,8,11-13,17H2,1-3H3. The second-order valence-electron chi connectivity index (χ2n) is 5.36. The SMILES string of the molecule is CCCC(C)N(C)CC(N)CCc1ccccc1. The van der Waals surface area contributed by atoms with Gasteiger partial charge in [-0.05, 0) is 38.8 Å². The summed E-state index contributed by atoms with van der Waals surface area (Å²) in [6.07, 6.45) is 4.64. The molecular weight excluding hydrogens is 220 g/mol. The normalized spacial score (nSPS) is 14.7. The van der Waals surface area contributed by atoms with Crippen molar-refractivity contribution >= 4 is 0 Å². The molecule has 2 atom stereocenters. The highest BCUT2D eigenvalue weighted by Crippen LogP contribution is 2.08. The van der Waals surface area contributed by atoms with Crippen molar-refractivity contribution < 1.29 is 0 Å². The highest BCUT2D eigenvalue weighted by Gasteiger charge is 2.12. The van der Waals surface area contributed by atoms with E-state index in [9.17, 15) is 0 Å². The summed E-state index contributed by atoms with van der Waals surface area (Å²) in [4.78, 5) is 2.39. The third-order valence-electron chi connectivity index (χ3n) is 3.63. The first-order valence-electron chi connectivity index (χ1n) is 7.13. The van der Waals surface area contributed by atoms with Crippen molar-refractivity contribution in [2.75, 3.05) is 13.6 Å². The van der Waals surface area contributed by atoms with Gasteiger partial charge in [0.15, 0.2) is 0 Å². The third-order valence-corrected chi connectivity index (χ3v) is 3.63. The maximum atomic E-state index is 6.21. The molecule has 0 amide bonds. The van der Waals surface area contributed by atoms with Crippen LogP contribution < -0.4 is 5.73 Å². The monoisotopic (exact) mass is 248 g/mol. The van der Waals surface area contributed by atoms with Crippen LogP contribution in [0.25, 0.3) is 0 Å². The summed E-state index contributed by atoms with van der Waals surface area (Å²) in [5.74, 6) is 0. The van der Waals surface area contributed by atoms with E-state index >= 15 is 0 Å². The molecule has 0 aliphatic carbocycles. The molecule has 2 N–H and O–H groups in total. The molecule has 0 radical (unpaired) electrons. The Hall–Kier alpha value is -0.860. The van der Waals surface area contributed by atoms with Gasteiger partial charge >= 0.3 is 0 Å². The lowest BCUT2D eigenvalue weighted by Crippen LogP contribution is -2.40. The summed E-state index contributed by atoms with van der Waals surface area (Å²) < 4.78 is 0. The summed E-state index contributed by atoms with van der Waals surface area (Å²) in [6, 6.07) is 11.5. The van der Waals surface area contributed by atoms with Gasteiger partial charge in [-0.3, -0.25) is 0 Å². The van der Waals surface area contributed by atoms with E-state index in [2.05, 4.69) is 56.1 Å². The molecule has 0 heterocycles. The molecular formula is C16H28N2. The van der Waals surface area contributed by atoms with E-state index in [0.717, 1.165) is 19.4 Å². The molecule has 0 spiro atoms. The number of hydrogen-bond acceptors (Lipinski definition) is 2. The van der Waals surface area contributed by atoms with Gasteiger partial charge < -0.3 is 10.6 Å². The van der Waals surface area contributed by atoms with Gasteiger partial charge in [-0.1, -0.05) is 43.7 Å². The predicted molar refractivity (Wildman–Crippen MR) is 79.7 cm³/mol. The van der Waals surface area contributed by atoms with Crippen LogP contribution in [0, 0.1) is 0 Å². The first-order valence-corrected chi connectivity index (χ1v) is 7.13. The van der Waals surface area contributed by atoms with Gasteiger partial charge in [-0.25, -0.2) is 0 Å². The average Bonchev–Trinajstić information content (AvgIpc) is 2.38. The molecule has 2 heteroatoms. The zero-order valence-electron chi connectivity index (χ0n) is 12.1. The van der Waals surface area contributed by atoms with Crippen LogP contribution >= 0.6 is 0 Å². The Morgan fingerprint density at radius 1 is 1.17 bits per heavy atom. The Morgan fingerprint density at radius 2 is 1.83 bits per heavy atom. The Bertz CT molecular complexity index is 310. The number of nitrogens with zero attached hydrogens (tertiary/aromatic N) is 1. The van der Waals surface area contributed by atoms with E-state index in [4.69, 9.17) is 5.73 Å². The molecule has 0 aromatic heterocycles. The van der Waals surface area contributed by atoms with Crippen LogP contribution in [0.2, 0.25) is 0 Å². The molecule has 18 heavy (non-hydrogen) atoms. The summed E-state index contributed by atoms with van der Waals surface area (Å²) in [6.45, 7) is 5.51. The van der Waals surface area contributed by atoms with Crippen LogP contribution in [0.5, 0.6) is 0 Å². The van der Waals surface area contributed by atoms with E-state index in [1.807, 2.05) is 0 Å². The second-order valence-corrected chi connectivity index (χ2v) is 5.36. The van der Waals surface area contributed by atoms with Gasteiger partial charge in [-0.15, -0.1) is 0 Å². The molecule has 1 aromatic carbocycles. The second kappa shape index (κ2) is 8.28. The van der Waals surface area contributed by atoms with Crippen LogP contribution in [0.15, 0.2) is 30.3 Å². The van der Waals surface area contributed by atoms with Gasteiger partial charge in [0.25, 0.3) is 0 Å². The minimum Gasteiger partial charge on any atom is -0.327 e. The minimum absolute atomic E-state index is 0.273. The lowest BCUT2D eigenvalue weighted by Gasteiger charge is -2.27. The summed E-state index contributed by atoms with van der Waals surface area (Å²) in [5, 5.41) is 0. The lowest BCUT2D eigenvalue weighted by molar-refractivity contribution is 0.227. The fourth-order valence-corrected chi connectivity index (χ4v) is 2.28. The Balaban J connectivity index is 2.27. The number of nitrogens with two attached hydrogens (primary N) is 1. The summed E-state index contributed by atoms with van der Waals surface area (Å²) in [5.41, 5.74) is 7.60. The predicted octanol–water partition coefficient (Wildman–Crippen LogP) is 3.07. The smallest absolute Gasteiger partial charge is 0.0170 e. The van der Waals surface area contributed by atoms with Crippen molar-refractivity contribution in [2.45, 2.75) is 51.6 Å². The Labute approximate surface area is 112 Å². The zero-order chi connectivity index (χ0) is 13.4. The highest BCUT2D eigenvalue weighted by molar-refractivity contribution is 5.14. The number of hydrogen-bond donors (Lipinski definition) is 1. The van der Waals surface area contributed by atoms with E-state index in [1.54, 1.807) is 0 Å². The van der Waals surface area contributed by atoms with Crippen LogP contribution in [0.1, 0.15) is 38.7 Å². The fraction of sp³-hybridized carbons (Fsp3) is 0.625. The van der Waals surface area contributed by atoms with Crippen molar-refractivity contribution in [3.63, 3.8) is 0 Å². The fourth-order valence-electron chi connectivity index (χ4n) is 2.28. The van der Waals surface area contributed by atoms with Crippen molar-refractivity contribution in [1.29, 1.82) is 0 Å². The molecule has 0 fully saturated rings. The van der Waals surface area contributed by atoms with Crippen LogP contribution in [-0.4, -0.2) is 30.6 Å². The Morgan fingerprint density at radius 3 is 2.44 bits per heavy atom. The molecule has 1 rings (SSSR count). The van der Waals surface area contributed by atoms with Crippen molar-refractivity contribution in [1.82, 2.24) is 4.90 Å². The first kappa shape index (κ1) is 15.2. The van der Waals surface area contributed by atoms with E-state index < -0.39 is 0 Å². The number of rotatable bonds is 8. The molecule has 1 aromatic rings. The first-order chi connectivity index (χ1) is 8.63. The molecule has 0 bridgehead atoms. The molecule has 102 valence electrons. The van der Waals surface area contributed by atoms with E-state index in [0.29, 0.717) is 6.04 Å². The van der Waals surface area contributed by atoms with Crippen LogP contribution in [0.4, 0.5) is 0 Å². The maximum Gasteiger partial charge on any atom is 0.0170 e. The molecule has 2 unspecified atom stereocenters. The minimum atomic E-state index is 0.273. The highest BCUT2D eigenvalue weighted by atomic mass is 15.1. The Kier molecular flexibility index (Phi) is 6.99. The zero-order valence-corrected chi connectivity index (χ0v) is 12.1. The van der Waals surface area contributed by atoms with Gasteiger partial charge in [0.2, 0.25) is 0 Å². The van der Waals surface area contributed by atoms with E-state index in [1.165, 1.54) is 18.4 Å². The summed E-state index contributed by atoms with van der Waals surface area (Å²) >= 11 is 0. The van der Waals surface area contributed by atoms with Crippen molar-refractivity contribution in [3.8, 4) is 0 Å². The average molecular weight is 248 g/mol. The van der Waals surface area contributed by atoms with Gasteiger partial charge in [0, 0.05) is 18.6 Å². The molecule has 0 saturated heterocycles. The molecule has 0 aliphatic heterocycles. The number of likely N-dealkylation sites (N-methyl/N-ethyl adjacent to an activating group) is 1. The third kappa shape index (κ3) is 5.65. The maximum absolute atomic E-state index is 6.21. The van der Waals surface area contributed by atoms with Crippen LogP contribution in [-0.2, 0) is 6.42 Å². The molecule has 0 saturated carbocycles. The van der Waals surface area contributed by atoms with Gasteiger partial charge in [-0.2, -0.15) is 0 Å². The summed E-state index contributed by atoms with van der Waals surface area (Å²) in [7, 11) is 2.18. The number of aryl methyl sites for hydroxylation is 1. The molecule has 2 nitrogen and oxygen atoms in total. The van der Waals surface area contributed by atoms with Gasteiger partial charge in [0.05, 0.1) is 0 Å². The van der Waals surface area contributed by atoms with Gasteiger partial charge in [0.1, 0.15) is 0 Å².